The summed E-state index contributed by atoms with van der Waals surface area (Å²) in [6.45, 7) is 12.5. The van der Waals surface area contributed by atoms with Gasteiger partial charge in [0.2, 0.25) is 0 Å². The number of nitrogens with zero attached hydrogens (tertiary/aromatic N) is 1. The van der Waals surface area contributed by atoms with Gasteiger partial charge in [0, 0.05) is 5.54 Å². The molecule has 0 aromatic heterocycles. The smallest absolute Gasteiger partial charge is 0.0883 e. The zero-order valence-electron chi connectivity index (χ0n) is 10.6. The van der Waals surface area contributed by atoms with Crippen molar-refractivity contribution >= 4 is 6.72 Å². The van der Waals surface area contributed by atoms with Gasteiger partial charge in [-0.05, 0) is 45.4 Å². The Kier molecular flexibility index (Phi) is 2.53. The molecule has 86 valence electrons. The highest BCUT2D eigenvalue weighted by Crippen LogP contribution is 2.41. The second kappa shape index (κ2) is 3.62. The number of nitrogens with one attached hydrogen (secondary N) is 1. The first-order valence-electron chi connectivity index (χ1n) is 5.81. The van der Waals surface area contributed by atoms with E-state index < -0.39 is 0 Å². The normalized spacial score (nSPS) is 32.0. The number of allylic oxidation sites excluding steroid dienone is 2. The quantitative estimate of drug-likeness (QED) is 0.704. The standard InChI is InChI=1S/C14H20N2/c1-9(2)6-11-8-14(4)10(3)7-12(16-14)13(11)15-5/h6-7,10,16H,5,8H2,1-4H3. The van der Waals surface area contributed by atoms with Crippen LogP contribution in [0.4, 0.5) is 0 Å². The summed E-state index contributed by atoms with van der Waals surface area (Å²) in [5, 5.41) is 3.56. The highest BCUT2D eigenvalue weighted by atomic mass is 15.1. The second-order valence-electron chi connectivity index (χ2n) is 5.34. The minimum absolute atomic E-state index is 0.158. The first-order chi connectivity index (χ1) is 7.46. The molecule has 2 rings (SSSR count). The Morgan fingerprint density at radius 1 is 1.62 bits per heavy atom. The summed E-state index contributed by atoms with van der Waals surface area (Å²) in [4.78, 5) is 4.18. The van der Waals surface area contributed by atoms with Crippen molar-refractivity contribution in [3.05, 3.63) is 34.7 Å². The van der Waals surface area contributed by atoms with Crippen molar-refractivity contribution in [3.63, 3.8) is 0 Å². The maximum Gasteiger partial charge on any atom is 0.0883 e. The Hall–Kier alpha value is -1.31. The van der Waals surface area contributed by atoms with Crippen LogP contribution in [0.25, 0.3) is 0 Å². The molecule has 0 saturated heterocycles. The molecule has 0 aliphatic carbocycles. The van der Waals surface area contributed by atoms with E-state index in [2.05, 4.69) is 56.9 Å². The predicted octanol–water partition coefficient (Wildman–Crippen LogP) is 3.19. The van der Waals surface area contributed by atoms with Crippen LogP contribution >= 0.6 is 0 Å². The van der Waals surface area contributed by atoms with Gasteiger partial charge < -0.3 is 5.32 Å². The van der Waals surface area contributed by atoms with Gasteiger partial charge in [-0.2, -0.15) is 0 Å². The Balaban J connectivity index is 2.49. The minimum atomic E-state index is 0.158. The molecule has 16 heavy (non-hydrogen) atoms. The van der Waals surface area contributed by atoms with Crippen molar-refractivity contribution < 1.29 is 0 Å². The Morgan fingerprint density at radius 2 is 2.31 bits per heavy atom. The number of rotatable bonds is 2. The van der Waals surface area contributed by atoms with E-state index >= 15 is 0 Å². The maximum absolute atomic E-state index is 4.18. The lowest BCUT2D eigenvalue weighted by Gasteiger charge is -2.35. The van der Waals surface area contributed by atoms with Crippen molar-refractivity contribution in [2.45, 2.75) is 39.7 Å². The average Bonchev–Trinajstić information content (AvgIpc) is 2.38. The van der Waals surface area contributed by atoms with Crippen LogP contribution in [0.3, 0.4) is 0 Å². The lowest BCUT2D eigenvalue weighted by Crippen LogP contribution is -2.44. The van der Waals surface area contributed by atoms with Crippen molar-refractivity contribution in [1.82, 2.24) is 5.32 Å². The number of fused-ring (bicyclic) bond motifs is 2. The summed E-state index contributed by atoms with van der Waals surface area (Å²) in [7, 11) is 0. The average molecular weight is 216 g/mol. The maximum atomic E-state index is 4.18. The molecule has 0 aromatic rings. The predicted molar refractivity (Wildman–Crippen MR) is 69.4 cm³/mol. The zero-order chi connectivity index (χ0) is 11.9. The number of hydrogen-bond donors (Lipinski definition) is 1. The lowest BCUT2D eigenvalue weighted by atomic mass is 9.82. The fourth-order valence-electron chi connectivity index (χ4n) is 2.55. The molecule has 2 bridgehead atoms. The van der Waals surface area contributed by atoms with E-state index in [1.165, 1.54) is 11.1 Å². The molecule has 2 unspecified atom stereocenters. The molecule has 1 N–H and O–H groups in total. The third-order valence-corrected chi connectivity index (χ3v) is 3.58. The van der Waals surface area contributed by atoms with Gasteiger partial charge in [0.05, 0.1) is 11.4 Å². The molecule has 2 heterocycles. The topological polar surface area (TPSA) is 24.4 Å². The molecular weight excluding hydrogens is 196 g/mol. The van der Waals surface area contributed by atoms with Crippen LogP contribution in [-0.4, -0.2) is 12.3 Å². The molecule has 0 saturated carbocycles. The Bertz CT molecular complexity index is 422. The van der Waals surface area contributed by atoms with E-state index in [1.54, 1.807) is 0 Å². The summed E-state index contributed by atoms with van der Waals surface area (Å²) in [5.74, 6) is 0.544. The van der Waals surface area contributed by atoms with Crippen LogP contribution in [0.5, 0.6) is 0 Å². The summed E-state index contributed by atoms with van der Waals surface area (Å²) in [6.07, 6.45) is 5.53. The van der Waals surface area contributed by atoms with E-state index in [0.29, 0.717) is 5.92 Å². The Labute approximate surface area is 97.8 Å². The number of hydrogen-bond acceptors (Lipinski definition) is 2. The van der Waals surface area contributed by atoms with Gasteiger partial charge in [-0.15, -0.1) is 0 Å². The molecule has 0 aromatic carbocycles. The molecule has 2 atom stereocenters. The van der Waals surface area contributed by atoms with E-state index in [1.807, 2.05) is 0 Å². The van der Waals surface area contributed by atoms with Gasteiger partial charge in [-0.25, -0.2) is 0 Å². The zero-order valence-corrected chi connectivity index (χ0v) is 10.6. The summed E-state index contributed by atoms with van der Waals surface area (Å²) < 4.78 is 0. The fraction of sp³-hybridized carbons (Fsp3) is 0.500. The Morgan fingerprint density at radius 3 is 2.88 bits per heavy atom. The van der Waals surface area contributed by atoms with E-state index in [9.17, 15) is 0 Å². The van der Waals surface area contributed by atoms with Gasteiger partial charge >= 0.3 is 0 Å². The summed E-state index contributed by atoms with van der Waals surface area (Å²) in [6, 6.07) is 0. The second-order valence-corrected chi connectivity index (χ2v) is 5.34. The fourth-order valence-corrected chi connectivity index (χ4v) is 2.55. The third-order valence-electron chi connectivity index (χ3n) is 3.58. The molecule has 0 spiro atoms. The van der Waals surface area contributed by atoms with E-state index in [-0.39, 0.29) is 5.54 Å². The van der Waals surface area contributed by atoms with Crippen LogP contribution in [0.2, 0.25) is 0 Å². The first kappa shape index (κ1) is 11.2. The largest absolute Gasteiger partial charge is 0.377 e. The van der Waals surface area contributed by atoms with Crippen molar-refractivity contribution in [1.29, 1.82) is 0 Å². The molecular formula is C14H20N2. The van der Waals surface area contributed by atoms with Crippen LogP contribution in [0, 0.1) is 5.92 Å². The van der Waals surface area contributed by atoms with Crippen LogP contribution in [0.15, 0.2) is 39.7 Å². The monoisotopic (exact) mass is 216 g/mol. The van der Waals surface area contributed by atoms with Crippen LogP contribution in [0.1, 0.15) is 34.1 Å². The molecule has 0 amide bonds. The van der Waals surface area contributed by atoms with Gasteiger partial charge in [-0.1, -0.05) is 24.6 Å². The van der Waals surface area contributed by atoms with Crippen LogP contribution in [-0.2, 0) is 0 Å². The highest BCUT2D eigenvalue weighted by Gasteiger charge is 2.41. The van der Waals surface area contributed by atoms with Gasteiger partial charge in [0.15, 0.2) is 0 Å². The molecule has 2 aliphatic rings. The summed E-state index contributed by atoms with van der Waals surface area (Å²) in [5.41, 5.74) is 4.97. The highest BCUT2D eigenvalue weighted by molar-refractivity contribution is 5.51. The SMILES string of the molecule is C=NC1=C(C=C(C)C)CC2(C)NC1=CC2C. The molecule has 0 fully saturated rings. The van der Waals surface area contributed by atoms with Gasteiger partial charge in [0.1, 0.15) is 0 Å². The van der Waals surface area contributed by atoms with E-state index in [4.69, 9.17) is 0 Å². The summed E-state index contributed by atoms with van der Waals surface area (Å²) >= 11 is 0. The first-order valence-corrected chi connectivity index (χ1v) is 5.81. The van der Waals surface area contributed by atoms with Gasteiger partial charge in [-0.3, -0.25) is 4.99 Å². The third kappa shape index (κ3) is 1.62. The lowest BCUT2D eigenvalue weighted by molar-refractivity contribution is 0.331. The minimum Gasteiger partial charge on any atom is -0.377 e. The molecule has 2 nitrogen and oxygen atoms in total. The molecule has 2 aliphatic heterocycles. The van der Waals surface area contributed by atoms with Gasteiger partial charge in [0.25, 0.3) is 0 Å². The van der Waals surface area contributed by atoms with E-state index in [0.717, 1.165) is 17.8 Å². The number of aliphatic imine (C=N–C) groups is 1. The molecule has 0 radical (unpaired) electrons. The van der Waals surface area contributed by atoms with Crippen molar-refractivity contribution in [2.24, 2.45) is 10.9 Å². The van der Waals surface area contributed by atoms with Crippen molar-refractivity contribution in [2.75, 3.05) is 0 Å². The molecule has 2 heteroatoms. The van der Waals surface area contributed by atoms with Crippen LogP contribution < -0.4 is 5.32 Å². The van der Waals surface area contributed by atoms with Crippen molar-refractivity contribution in [3.8, 4) is 0 Å².